The summed E-state index contributed by atoms with van der Waals surface area (Å²) in [4.78, 5) is 2.62. The van der Waals surface area contributed by atoms with E-state index < -0.39 is 0 Å². The number of nitrogens with zero attached hydrogens (tertiary/aromatic N) is 1. The van der Waals surface area contributed by atoms with Crippen LogP contribution in [0.4, 0.5) is 0 Å². The van der Waals surface area contributed by atoms with Crippen molar-refractivity contribution in [2.45, 2.75) is 38.3 Å². The van der Waals surface area contributed by atoms with E-state index in [4.69, 9.17) is 5.11 Å². The average molecular weight is 248 g/mol. The molecule has 3 nitrogen and oxygen atoms in total. The van der Waals surface area contributed by atoms with Crippen LogP contribution in [-0.2, 0) is 0 Å². The molecular formula is C15H24N2O. The average Bonchev–Trinajstić information content (AvgIpc) is 2.65. The minimum Gasteiger partial charge on any atom is -0.508 e. The maximum atomic E-state index is 8.63. The van der Waals surface area contributed by atoms with Gasteiger partial charge in [-0.1, -0.05) is 31.0 Å². The number of phenols is 1. The summed E-state index contributed by atoms with van der Waals surface area (Å²) >= 11 is 0. The summed E-state index contributed by atoms with van der Waals surface area (Å²) in [5.41, 5.74) is 0. The highest BCUT2D eigenvalue weighted by Gasteiger charge is 2.22. The Labute approximate surface area is 110 Å². The second kappa shape index (κ2) is 7.39. The maximum absolute atomic E-state index is 8.63. The minimum atomic E-state index is 0.322. The molecule has 1 aromatic rings. The fraction of sp³-hybridized carbons (Fsp3) is 0.600. The summed E-state index contributed by atoms with van der Waals surface area (Å²) in [5, 5.41) is 12.2. The quantitative estimate of drug-likeness (QED) is 0.741. The molecule has 0 saturated carbocycles. The first-order chi connectivity index (χ1) is 8.86. The van der Waals surface area contributed by atoms with Crippen LogP contribution in [0.1, 0.15) is 32.1 Å². The van der Waals surface area contributed by atoms with Crippen LogP contribution in [0.3, 0.4) is 0 Å². The standard InChI is InChI=1S/C9H18N2.C6H6O/c1-2-5-9-10-6-4-8-11(9)7-3-1;7-6-4-2-1-3-5-6/h9-10H,1-8H2;1-5,7H. The molecule has 2 heterocycles. The van der Waals surface area contributed by atoms with Gasteiger partial charge in [-0.3, -0.25) is 4.90 Å². The van der Waals surface area contributed by atoms with E-state index in [1.165, 1.54) is 51.7 Å². The van der Waals surface area contributed by atoms with Crippen molar-refractivity contribution in [3.8, 4) is 5.75 Å². The topological polar surface area (TPSA) is 35.5 Å². The Bertz CT molecular complexity index is 315. The zero-order valence-corrected chi connectivity index (χ0v) is 11.0. The summed E-state index contributed by atoms with van der Waals surface area (Å²) in [7, 11) is 0. The van der Waals surface area contributed by atoms with Crippen molar-refractivity contribution >= 4 is 0 Å². The van der Waals surface area contributed by atoms with Gasteiger partial charge in [0.1, 0.15) is 5.75 Å². The monoisotopic (exact) mass is 248 g/mol. The summed E-state index contributed by atoms with van der Waals surface area (Å²) in [6, 6.07) is 8.71. The fourth-order valence-electron chi connectivity index (χ4n) is 2.65. The smallest absolute Gasteiger partial charge is 0.115 e. The van der Waals surface area contributed by atoms with Gasteiger partial charge in [-0.25, -0.2) is 0 Å². The molecule has 2 aliphatic rings. The molecule has 3 rings (SSSR count). The molecule has 0 spiro atoms. The van der Waals surface area contributed by atoms with Crippen LogP contribution in [0, 0.1) is 0 Å². The molecule has 2 fully saturated rings. The van der Waals surface area contributed by atoms with Crippen LogP contribution >= 0.6 is 0 Å². The lowest BCUT2D eigenvalue weighted by atomic mass is 10.2. The molecule has 0 aromatic heterocycles. The van der Waals surface area contributed by atoms with Crippen molar-refractivity contribution in [2.24, 2.45) is 0 Å². The number of nitrogens with one attached hydrogen (secondary N) is 1. The van der Waals surface area contributed by atoms with Crippen LogP contribution in [0.15, 0.2) is 30.3 Å². The van der Waals surface area contributed by atoms with E-state index in [-0.39, 0.29) is 0 Å². The molecule has 1 atom stereocenters. The Morgan fingerprint density at radius 3 is 2.50 bits per heavy atom. The number of para-hydroxylation sites is 1. The molecule has 0 bridgehead atoms. The van der Waals surface area contributed by atoms with Crippen molar-refractivity contribution in [2.75, 3.05) is 19.6 Å². The summed E-state index contributed by atoms with van der Waals surface area (Å²) in [6.45, 7) is 3.90. The van der Waals surface area contributed by atoms with Crippen LogP contribution in [0.2, 0.25) is 0 Å². The van der Waals surface area contributed by atoms with E-state index in [1.807, 2.05) is 6.07 Å². The zero-order chi connectivity index (χ0) is 12.6. The van der Waals surface area contributed by atoms with Crippen LogP contribution in [0.25, 0.3) is 0 Å². The second-order valence-corrected chi connectivity index (χ2v) is 5.04. The number of rotatable bonds is 0. The summed E-state index contributed by atoms with van der Waals surface area (Å²) < 4.78 is 0. The SMILES string of the molecule is C1CCC2NCCCN2CC1.Oc1ccccc1. The van der Waals surface area contributed by atoms with Gasteiger partial charge in [0.25, 0.3) is 0 Å². The van der Waals surface area contributed by atoms with E-state index in [2.05, 4.69) is 10.2 Å². The van der Waals surface area contributed by atoms with Crippen LogP contribution < -0.4 is 5.32 Å². The van der Waals surface area contributed by atoms with Gasteiger partial charge in [-0.05, 0) is 44.5 Å². The van der Waals surface area contributed by atoms with Gasteiger partial charge < -0.3 is 10.4 Å². The Morgan fingerprint density at radius 2 is 1.78 bits per heavy atom. The highest BCUT2D eigenvalue weighted by atomic mass is 16.3. The molecule has 0 aliphatic carbocycles. The van der Waals surface area contributed by atoms with Gasteiger partial charge >= 0.3 is 0 Å². The molecule has 1 unspecified atom stereocenters. The van der Waals surface area contributed by atoms with Crippen molar-refractivity contribution in [1.82, 2.24) is 10.2 Å². The molecule has 0 radical (unpaired) electrons. The molecule has 3 heteroatoms. The molecule has 1 aromatic carbocycles. The van der Waals surface area contributed by atoms with E-state index in [1.54, 1.807) is 24.3 Å². The number of phenolic OH excluding ortho intramolecular Hbond substituents is 1. The lowest BCUT2D eigenvalue weighted by Gasteiger charge is -2.34. The van der Waals surface area contributed by atoms with Gasteiger partial charge in [0.05, 0.1) is 6.17 Å². The first-order valence-electron chi connectivity index (χ1n) is 7.08. The van der Waals surface area contributed by atoms with Crippen molar-refractivity contribution in [3.63, 3.8) is 0 Å². The zero-order valence-electron chi connectivity index (χ0n) is 11.0. The molecular weight excluding hydrogens is 224 g/mol. The third-order valence-corrected chi connectivity index (χ3v) is 3.62. The maximum Gasteiger partial charge on any atom is 0.115 e. The molecule has 2 saturated heterocycles. The van der Waals surface area contributed by atoms with Gasteiger partial charge in [-0.15, -0.1) is 0 Å². The number of aromatic hydroxyl groups is 1. The van der Waals surface area contributed by atoms with Crippen LogP contribution in [-0.4, -0.2) is 35.8 Å². The highest BCUT2D eigenvalue weighted by Crippen LogP contribution is 2.17. The third kappa shape index (κ3) is 4.31. The van der Waals surface area contributed by atoms with Crippen molar-refractivity contribution in [3.05, 3.63) is 30.3 Å². The first kappa shape index (κ1) is 13.4. The predicted octanol–water partition coefficient (Wildman–Crippen LogP) is 2.57. The fourth-order valence-corrected chi connectivity index (χ4v) is 2.65. The second-order valence-electron chi connectivity index (χ2n) is 5.04. The minimum absolute atomic E-state index is 0.322. The molecule has 2 N–H and O–H groups in total. The molecule has 18 heavy (non-hydrogen) atoms. The van der Waals surface area contributed by atoms with E-state index in [9.17, 15) is 0 Å². The van der Waals surface area contributed by atoms with E-state index >= 15 is 0 Å². The number of hydrogen-bond donors (Lipinski definition) is 2. The largest absolute Gasteiger partial charge is 0.508 e. The number of benzene rings is 1. The van der Waals surface area contributed by atoms with Crippen LogP contribution in [0.5, 0.6) is 5.75 Å². The van der Waals surface area contributed by atoms with Crippen molar-refractivity contribution in [1.29, 1.82) is 0 Å². The van der Waals surface area contributed by atoms with Gasteiger partial charge in [-0.2, -0.15) is 0 Å². The number of hydrogen-bond acceptors (Lipinski definition) is 3. The lowest BCUT2D eigenvalue weighted by molar-refractivity contribution is 0.134. The molecule has 2 aliphatic heterocycles. The predicted molar refractivity (Wildman–Crippen MR) is 74.6 cm³/mol. The highest BCUT2D eigenvalue weighted by molar-refractivity contribution is 5.18. The Hall–Kier alpha value is -1.06. The van der Waals surface area contributed by atoms with Gasteiger partial charge in [0.2, 0.25) is 0 Å². The molecule has 0 amide bonds. The Morgan fingerprint density at radius 1 is 1.00 bits per heavy atom. The van der Waals surface area contributed by atoms with Gasteiger partial charge in [0, 0.05) is 6.54 Å². The first-order valence-corrected chi connectivity index (χ1v) is 7.08. The Kier molecular flexibility index (Phi) is 5.49. The van der Waals surface area contributed by atoms with E-state index in [0.29, 0.717) is 5.75 Å². The van der Waals surface area contributed by atoms with E-state index in [0.717, 1.165) is 6.17 Å². The van der Waals surface area contributed by atoms with Gasteiger partial charge in [0.15, 0.2) is 0 Å². The lowest BCUT2D eigenvalue weighted by Crippen LogP contribution is -2.50. The van der Waals surface area contributed by atoms with Crippen molar-refractivity contribution < 1.29 is 5.11 Å². The summed E-state index contributed by atoms with van der Waals surface area (Å²) in [5.74, 6) is 0.322. The summed E-state index contributed by atoms with van der Waals surface area (Å²) in [6.07, 6.45) is 7.73. The molecule has 100 valence electrons. The third-order valence-electron chi connectivity index (χ3n) is 3.62. The normalized spacial score (nSPS) is 24.3. The Balaban J connectivity index is 0.000000149. The number of fused-ring (bicyclic) bond motifs is 1.